The van der Waals surface area contributed by atoms with Crippen LogP contribution in [0.4, 0.5) is 0 Å². The van der Waals surface area contributed by atoms with Crippen molar-refractivity contribution in [1.29, 1.82) is 0 Å². The van der Waals surface area contributed by atoms with Crippen molar-refractivity contribution in [2.45, 2.75) is 26.2 Å². The van der Waals surface area contributed by atoms with Gasteiger partial charge in [-0.05, 0) is 53.8 Å². The summed E-state index contributed by atoms with van der Waals surface area (Å²) < 4.78 is 16.8. The second-order valence-corrected chi connectivity index (χ2v) is 6.71. The highest BCUT2D eigenvalue weighted by molar-refractivity contribution is 9.10. The first kappa shape index (κ1) is 17.5. The first-order chi connectivity index (χ1) is 12.1. The molecule has 0 N–H and O–H groups in total. The fourth-order valence-electron chi connectivity index (χ4n) is 2.47. The molecule has 0 saturated carbocycles. The van der Waals surface area contributed by atoms with Crippen LogP contribution < -0.4 is 14.2 Å². The molecule has 0 saturated heterocycles. The molecule has 1 aliphatic heterocycles. The van der Waals surface area contributed by atoms with Crippen molar-refractivity contribution in [3.8, 4) is 17.2 Å². The lowest BCUT2D eigenvalue weighted by atomic mass is 9.99. The number of ether oxygens (including phenoxy) is 3. The molecule has 0 unspecified atom stereocenters. The first-order valence-electron chi connectivity index (χ1n) is 8.16. The van der Waals surface area contributed by atoms with Crippen molar-refractivity contribution in [2.75, 3.05) is 6.79 Å². The molecule has 0 aliphatic carbocycles. The monoisotopic (exact) mass is 402 g/mol. The molecule has 0 spiro atoms. The Balaban J connectivity index is 1.65. The molecule has 5 heteroatoms. The maximum absolute atomic E-state index is 12.0. The van der Waals surface area contributed by atoms with Crippen molar-refractivity contribution in [1.82, 2.24) is 0 Å². The van der Waals surface area contributed by atoms with Crippen LogP contribution in [0.1, 0.15) is 37.3 Å². The Kier molecular flexibility index (Phi) is 5.43. The molecule has 3 rings (SSSR count). The van der Waals surface area contributed by atoms with Crippen LogP contribution in [0, 0.1) is 0 Å². The number of halogens is 1. The Labute approximate surface area is 155 Å². The smallest absolute Gasteiger partial charge is 0.336 e. The van der Waals surface area contributed by atoms with Crippen LogP contribution in [0.2, 0.25) is 0 Å². The Bertz CT molecular complexity index is 796. The van der Waals surface area contributed by atoms with Gasteiger partial charge in [-0.1, -0.05) is 41.9 Å². The number of carbonyl (C=O) groups is 1. The van der Waals surface area contributed by atoms with Crippen LogP contribution >= 0.6 is 15.9 Å². The lowest BCUT2D eigenvalue weighted by molar-refractivity contribution is -0.128. The van der Waals surface area contributed by atoms with E-state index in [1.165, 1.54) is 11.6 Å². The van der Waals surface area contributed by atoms with Crippen LogP contribution in [0.15, 0.2) is 46.9 Å². The third-order valence-electron chi connectivity index (χ3n) is 4.17. The van der Waals surface area contributed by atoms with Crippen LogP contribution in [0.25, 0.3) is 6.08 Å². The second-order valence-electron chi connectivity index (χ2n) is 5.86. The average molecular weight is 403 g/mol. The fraction of sp³-hybridized carbons (Fsp3) is 0.250. The minimum absolute atomic E-state index is 0.212. The maximum atomic E-state index is 12.0. The summed E-state index contributed by atoms with van der Waals surface area (Å²) in [6, 6.07) is 11.3. The van der Waals surface area contributed by atoms with E-state index in [9.17, 15) is 4.79 Å². The zero-order valence-electron chi connectivity index (χ0n) is 14.1. The Hall–Kier alpha value is -2.27. The number of hydrogen-bond donors (Lipinski definition) is 0. The number of carbonyl (C=O) groups excluding carboxylic acids is 1. The summed E-state index contributed by atoms with van der Waals surface area (Å²) in [5.74, 6) is 1.95. The van der Waals surface area contributed by atoms with Gasteiger partial charge in [0.2, 0.25) is 6.79 Å². The van der Waals surface area contributed by atoms with E-state index in [1.54, 1.807) is 6.08 Å². The van der Waals surface area contributed by atoms with Gasteiger partial charge in [-0.25, -0.2) is 4.79 Å². The lowest BCUT2D eigenvalue weighted by Gasteiger charge is -2.09. The Morgan fingerprint density at radius 1 is 1.24 bits per heavy atom. The molecule has 0 fully saturated rings. The van der Waals surface area contributed by atoms with Crippen molar-refractivity contribution in [2.24, 2.45) is 0 Å². The molecule has 25 heavy (non-hydrogen) atoms. The minimum Gasteiger partial charge on any atom is -0.454 e. The second kappa shape index (κ2) is 7.74. The Morgan fingerprint density at radius 2 is 1.92 bits per heavy atom. The molecule has 0 amide bonds. The summed E-state index contributed by atoms with van der Waals surface area (Å²) in [4.78, 5) is 12.0. The third kappa shape index (κ3) is 4.23. The topological polar surface area (TPSA) is 44.8 Å². The molecular weight excluding hydrogens is 384 g/mol. The van der Waals surface area contributed by atoms with E-state index in [4.69, 9.17) is 14.2 Å². The van der Waals surface area contributed by atoms with Gasteiger partial charge >= 0.3 is 5.97 Å². The van der Waals surface area contributed by atoms with E-state index in [0.717, 1.165) is 16.5 Å². The van der Waals surface area contributed by atoms with Crippen LogP contribution in [0.3, 0.4) is 0 Å². The molecule has 4 nitrogen and oxygen atoms in total. The summed E-state index contributed by atoms with van der Waals surface area (Å²) in [5, 5.41) is 0. The quantitative estimate of drug-likeness (QED) is 0.386. The summed E-state index contributed by atoms with van der Waals surface area (Å²) in [7, 11) is 0. The SMILES string of the molecule is CC[C@H](C)c1ccc(OC(=O)/C=C/c2cc3c(cc2Br)OCO3)cc1. The van der Waals surface area contributed by atoms with Crippen LogP contribution in [-0.4, -0.2) is 12.8 Å². The summed E-state index contributed by atoms with van der Waals surface area (Å²) in [6.07, 6.45) is 4.15. The highest BCUT2D eigenvalue weighted by Gasteiger charge is 2.15. The van der Waals surface area contributed by atoms with E-state index >= 15 is 0 Å². The standard InChI is InChI=1S/C20H19BrO4/c1-3-13(2)14-4-7-16(8-5-14)25-20(22)9-6-15-10-18-19(11-17(15)21)24-12-23-18/h4-11,13H,3,12H2,1-2H3/b9-6+/t13-/m0/s1. The summed E-state index contributed by atoms with van der Waals surface area (Å²) in [6.45, 7) is 4.54. The molecule has 1 aliphatic rings. The van der Waals surface area contributed by atoms with Crippen molar-refractivity contribution in [3.05, 3.63) is 58.1 Å². The van der Waals surface area contributed by atoms with Gasteiger partial charge in [-0.3, -0.25) is 0 Å². The fourth-order valence-corrected chi connectivity index (χ4v) is 2.92. The number of esters is 1. The van der Waals surface area contributed by atoms with E-state index in [2.05, 4.69) is 29.8 Å². The van der Waals surface area contributed by atoms with Gasteiger partial charge in [0.1, 0.15) is 5.75 Å². The van der Waals surface area contributed by atoms with E-state index in [0.29, 0.717) is 23.2 Å². The van der Waals surface area contributed by atoms with Crippen molar-refractivity contribution in [3.63, 3.8) is 0 Å². The molecule has 1 atom stereocenters. The van der Waals surface area contributed by atoms with Crippen LogP contribution in [0.5, 0.6) is 17.2 Å². The molecule has 0 radical (unpaired) electrons. The summed E-state index contributed by atoms with van der Waals surface area (Å²) in [5.41, 5.74) is 2.05. The van der Waals surface area contributed by atoms with Crippen molar-refractivity contribution < 1.29 is 19.0 Å². The molecule has 2 aromatic rings. The molecule has 130 valence electrons. The number of fused-ring (bicyclic) bond motifs is 1. The van der Waals surface area contributed by atoms with Crippen molar-refractivity contribution >= 4 is 28.0 Å². The largest absolute Gasteiger partial charge is 0.454 e. The van der Waals surface area contributed by atoms with Gasteiger partial charge in [-0.2, -0.15) is 0 Å². The zero-order chi connectivity index (χ0) is 17.8. The molecule has 0 aromatic heterocycles. The average Bonchev–Trinajstić information content (AvgIpc) is 3.06. The van der Waals surface area contributed by atoms with Crippen LogP contribution in [-0.2, 0) is 4.79 Å². The normalized spacial score (nSPS) is 13.9. The lowest BCUT2D eigenvalue weighted by Crippen LogP contribution is -2.03. The first-order valence-corrected chi connectivity index (χ1v) is 8.95. The molecule has 0 bridgehead atoms. The predicted octanol–water partition coefficient (Wildman–Crippen LogP) is 5.31. The van der Waals surface area contributed by atoms with Gasteiger partial charge in [0.25, 0.3) is 0 Å². The predicted molar refractivity (Wildman–Crippen MR) is 100 cm³/mol. The number of hydrogen-bond acceptors (Lipinski definition) is 4. The molecule has 2 aromatic carbocycles. The summed E-state index contributed by atoms with van der Waals surface area (Å²) >= 11 is 3.46. The van der Waals surface area contributed by atoms with Gasteiger partial charge < -0.3 is 14.2 Å². The minimum atomic E-state index is -0.430. The highest BCUT2D eigenvalue weighted by atomic mass is 79.9. The van der Waals surface area contributed by atoms with E-state index in [1.807, 2.05) is 36.4 Å². The third-order valence-corrected chi connectivity index (χ3v) is 4.86. The Morgan fingerprint density at radius 3 is 2.60 bits per heavy atom. The molecular formula is C20H19BrO4. The van der Waals surface area contributed by atoms with Gasteiger partial charge in [0, 0.05) is 10.5 Å². The zero-order valence-corrected chi connectivity index (χ0v) is 15.7. The van der Waals surface area contributed by atoms with Gasteiger partial charge in [0.05, 0.1) is 0 Å². The van der Waals surface area contributed by atoms with E-state index < -0.39 is 5.97 Å². The maximum Gasteiger partial charge on any atom is 0.336 e. The number of benzene rings is 2. The van der Waals surface area contributed by atoms with E-state index in [-0.39, 0.29) is 6.79 Å². The van der Waals surface area contributed by atoms with Gasteiger partial charge in [0.15, 0.2) is 11.5 Å². The number of rotatable bonds is 5. The molecule has 1 heterocycles. The van der Waals surface area contributed by atoms with Gasteiger partial charge in [-0.15, -0.1) is 0 Å². The highest BCUT2D eigenvalue weighted by Crippen LogP contribution is 2.37.